The standard InChI is InChI=1S/C13H17FN2O2.ClH/c1-10-8-15-6-7-16(10)13(17)18-9-11-4-2-3-5-12(11)14;/h2-5,10,15H,6-9H2,1H3;1H/t10-;/m1./s1. The van der Waals surface area contributed by atoms with Gasteiger partial charge in [0.25, 0.3) is 0 Å². The lowest BCUT2D eigenvalue weighted by Crippen LogP contribution is -2.52. The minimum atomic E-state index is -0.382. The average molecular weight is 289 g/mol. The summed E-state index contributed by atoms with van der Waals surface area (Å²) in [6.07, 6.45) is -0.382. The van der Waals surface area contributed by atoms with Crippen LogP contribution in [0.25, 0.3) is 0 Å². The van der Waals surface area contributed by atoms with Crippen LogP contribution in [-0.4, -0.2) is 36.7 Å². The van der Waals surface area contributed by atoms with Crippen LogP contribution in [0.15, 0.2) is 24.3 Å². The maximum atomic E-state index is 13.3. The second-order valence-electron chi connectivity index (χ2n) is 4.39. The number of nitrogens with one attached hydrogen (secondary N) is 1. The molecule has 1 aliphatic rings. The Bertz CT molecular complexity index is 431. The summed E-state index contributed by atoms with van der Waals surface area (Å²) in [6.45, 7) is 4.07. The van der Waals surface area contributed by atoms with Gasteiger partial charge in [0.05, 0.1) is 0 Å². The third kappa shape index (κ3) is 4.08. The predicted molar refractivity (Wildman–Crippen MR) is 72.9 cm³/mol. The zero-order valence-corrected chi connectivity index (χ0v) is 11.6. The van der Waals surface area contributed by atoms with E-state index in [0.29, 0.717) is 12.1 Å². The Balaban J connectivity index is 0.00000180. The smallest absolute Gasteiger partial charge is 0.410 e. The van der Waals surface area contributed by atoms with Crippen molar-refractivity contribution < 1.29 is 13.9 Å². The van der Waals surface area contributed by atoms with E-state index in [9.17, 15) is 9.18 Å². The molecule has 1 N–H and O–H groups in total. The third-order valence-electron chi connectivity index (χ3n) is 3.04. The van der Waals surface area contributed by atoms with Crippen molar-refractivity contribution in [3.05, 3.63) is 35.6 Å². The largest absolute Gasteiger partial charge is 0.444 e. The first-order chi connectivity index (χ1) is 8.68. The minimum Gasteiger partial charge on any atom is -0.444 e. The van der Waals surface area contributed by atoms with Crippen LogP contribution in [0.4, 0.5) is 9.18 Å². The molecule has 0 radical (unpaired) electrons. The Morgan fingerprint density at radius 1 is 1.53 bits per heavy atom. The van der Waals surface area contributed by atoms with Gasteiger partial charge in [-0.15, -0.1) is 12.4 Å². The Morgan fingerprint density at radius 3 is 2.95 bits per heavy atom. The SMILES string of the molecule is C[C@@H]1CNCCN1C(=O)OCc1ccccc1F.Cl. The van der Waals surface area contributed by atoms with E-state index >= 15 is 0 Å². The van der Waals surface area contributed by atoms with Crippen molar-refractivity contribution in [2.24, 2.45) is 0 Å². The molecule has 4 nitrogen and oxygen atoms in total. The predicted octanol–water partition coefficient (Wildman–Crippen LogP) is 2.18. The fraction of sp³-hybridized carbons (Fsp3) is 0.462. The highest BCUT2D eigenvalue weighted by atomic mass is 35.5. The molecule has 1 aliphatic heterocycles. The van der Waals surface area contributed by atoms with Crippen LogP contribution in [0.2, 0.25) is 0 Å². The molecule has 0 spiro atoms. The minimum absolute atomic E-state index is 0. The van der Waals surface area contributed by atoms with Gasteiger partial charge in [-0.2, -0.15) is 0 Å². The number of carbonyl (C=O) groups excluding carboxylic acids is 1. The molecule has 1 fully saturated rings. The summed E-state index contributed by atoms with van der Waals surface area (Å²) in [5, 5.41) is 3.19. The summed E-state index contributed by atoms with van der Waals surface area (Å²) < 4.78 is 18.5. The lowest BCUT2D eigenvalue weighted by atomic mass is 10.2. The number of hydrogen-bond acceptors (Lipinski definition) is 3. The topological polar surface area (TPSA) is 41.6 Å². The number of halogens is 2. The fourth-order valence-corrected chi connectivity index (χ4v) is 1.95. The van der Waals surface area contributed by atoms with Gasteiger partial charge < -0.3 is 15.0 Å². The van der Waals surface area contributed by atoms with Crippen LogP contribution in [0.5, 0.6) is 0 Å². The number of piperazine rings is 1. The van der Waals surface area contributed by atoms with E-state index in [0.717, 1.165) is 13.1 Å². The van der Waals surface area contributed by atoms with Gasteiger partial charge in [-0.05, 0) is 13.0 Å². The number of nitrogens with zero attached hydrogens (tertiary/aromatic N) is 1. The summed E-state index contributed by atoms with van der Waals surface area (Å²) in [6, 6.07) is 6.41. The van der Waals surface area contributed by atoms with E-state index in [1.807, 2.05) is 6.92 Å². The van der Waals surface area contributed by atoms with E-state index in [4.69, 9.17) is 4.74 Å². The second kappa shape index (κ2) is 7.31. The van der Waals surface area contributed by atoms with Crippen molar-refractivity contribution >= 4 is 18.5 Å². The molecule has 1 amide bonds. The van der Waals surface area contributed by atoms with E-state index in [1.165, 1.54) is 6.07 Å². The van der Waals surface area contributed by atoms with Crippen LogP contribution < -0.4 is 5.32 Å². The van der Waals surface area contributed by atoms with Gasteiger partial charge in [-0.1, -0.05) is 18.2 Å². The molecule has 1 atom stereocenters. The fourth-order valence-electron chi connectivity index (χ4n) is 1.95. The van der Waals surface area contributed by atoms with Gasteiger partial charge in [0, 0.05) is 31.2 Å². The van der Waals surface area contributed by atoms with Crippen molar-refractivity contribution in [2.45, 2.75) is 19.6 Å². The summed E-state index contributed by atoms with van der Waals surface area (Å²) in [5.74, 6) is -0.348. The normalized spacial score (nSPS) is 18.6. The molecule has 1 saturated heterocycles. The van der Waals surface area contributed by atoms with Gasteiger partial charge in [-0.25, -0.2) is 9.18 Å². The second-order valence-corrected chi connectivity index (χ2v) is 4.39. The molecular weight excluding hydrogens is 271 g/mol. The Labute approximate surface area is 118 Å². The molecule has 1 aromatic carbocycles. The molecular formula is C13H18ClFN2O2. The first kappa shape index (κ1) is 15.7. The maximum absolute atomic E-state index is 13.3. The van der Waals surface area contributed by atoms with Crippen molar-refractivity contribution in [1.82, 2.24) is 10.2 Å². The monoisotopic (exact) mass is 288 g/mol. The summed E-state index contributed by atoms with van der Waals surface area (Å²) >= 11 is 0. The highest BCUT2D eigenvalue weighted by molar-refractivity contribution is 5.85. The number of hydrogen-bond donors (Lipinski definition) is 1. The van der Waals surface area contributed by atoms with E-state index in [2.05, 4.69) is 5.32 Å². The Morgan fingerprint density at radius 2 is 2.26 bits per heavy atom. The van der Waals surface area contributed by atoms with Crippen molar-refractivity contribution in [3.63, 3.8) is 0 Å². The summed E-state index contributed by atoms with van der Waals surface area (Å²) in [7, 11) is 0. The molecule has 1 heterocycles. The maximum Gasteiger partial charge on any atom is 0.410 e. The Hall–Kier alpha value is -1.33. The van der Waals surface area contributed by atoms with Crippen LogP contribution >= 0.6 is 12.4 Å². The first-order valence-corrected chi connectivity index (χ1v) is 6.06. The number of ether oxygens (including phenoxy) is 1. The zero-order chi connectivity index (χ0) is 13.0. The number of carbonyl (C=O) groups is 1. The first-order valence-electron chi connectivity index (χ1n) is 6.06. The molecule has 0 unspecified atom stereocenters. The van der Waals surface area contributed by atoms with Crippen LogP contribution in [0.3, 0.4) is 0 Å². The van der Waals surface area contributed by atoms with Gasteiger partial charge in [-0.3, -0.25) is 0 Å². The average Bonchev–Trinajstić information content (AvgIpc) is 2.38. The van der Waals surface area contributed by atoms with Gasteiger partial charge in [0.1, 0.15) is 12.4 Å². The highest BCUT2D eigenvalue weighted by Crippen LogP contribution is 2.10. The van der Waals surface area contributed by atoms with Gasteiger partial charge in [0.15, 0.2) is 0 Å². The molecule has 0 bridgehead atoms. The molecule has 6 heteroatoms. The third-order valence-corrected chi connectivity index (χ3v) is 3.04. The van der Waals surface area contributed by atoms with Gasteiger partial charge >= 0.3 is 6.09 Å². The lowest BCUT2D eigenvalue weighted by molar-refractivity contribution is 0.0752. The van der Waals surface area contributed by atoms with Crippen molar-refractivity contribution in [3.8, 4) is 0 Å². The molecule has 19 heavy (non-hydrogen) atoms. The van der Waals surface area contributed by atoms with Crippen LogP contribution in [-0.2, 0) is 11.3 Å². The van der Waals surface area contributed by atoms with Crippen LogP contribution in [0, 0.1) is 5.82 Å². The molecule has 0 saturated carbocycles. The van der Waals surface area contributed by atoms with E-state index in [-0.39, 0.29) is 37.0 Å². The van der Waals surface area contributed by atoms with E-state index < -0.39 is 0 Å². The molecule has 1 aromatic rings. The number of benzene rings is 1. The lowest BCUT2D eigenvalue weighted by Gasteiger charge is -2.32. The van der Waals surface area contributed by atoms with Crippen molar-refractivity contribution in [2.75, 3.05) is 19.6 Å². The highest BCUT2D eigenvalue weighted by Gasteiger charge is 2.24. The molecule has 0 aliphatic carbocycles. The van der Waals surface area contributed by atoms with Crippen LogP contribution in [0.1, 0.15) is 12.5 Å². The molecule has 0 aromatic heterocycles. The van der Waals surface area contributed by atoms with Crippen molar-refractivity contribution in [1.29, 1.82) is 0 Å². The zero-order valence-electron chi connectivity index (χ0n) is 10.8. The van der Waals surface area contributed by atoms with E-state index in [1.54, 1.807) is 23.1 Å². The number of amides is 1. The molecule has 106 valence electrons. The summed E-state index contributed by atoms with van der Waals surface area (Å²) in [5.41, 5.74) is 0.397. The Kier molecular flexibility index (Phi) is 6.05. The number of rotatable bonds is 2. The molecule has 2 rings (SSSR count). The summed E-state index contributed by atoms with van der Waals surface area (Å²) in [4.78, 5) is 13.5. The van der Waals surface area contributed by atoms with Gasteiger partial charge in [0.2, 0.25) is 0 Å². The quantitative estimate of drug-likeness (QED) is 0.907.